The Labute approximate surface area is 210 Å². The van der Waals surface area contributed by atoms with Gasteiger partial charge in [0.15, 0.2) is 0 Å². The number of fused-ring (bicyclic) bond motifs is 1. The zero-order valence-corrected chi connectivity index (χ0v) is 20.6. The van der Waals surface area contributed by atoms with Gasteiger partial charge in [-0.05, 0) is 84.4 Å². The summed E-state index contributed by atoms with van der Waals surface area (Å²) in [5, 5.41) is 17.4. The molecule has 0 amide bonds. The van der Waals surface area contributed by atoms with E-state index in [1.54, 1.807) is 18.3 Å². The Morgan fingerprint density at radius 3 is 2.49 bits per heavy atom. The summed E-state index contributed by atoms with van der Waals surface area (Å²) in [7, 11) is 0. The molecule has 35 heavy (non-hydrogen) atoms. The number of ether oxygens (including phenoxy) is 1. The number of nitrogens with zero attached hydrogens (tertiary/aromatic N) is 1. The average molecular weight is 493 g/mol. The standard InChI is InChI=1S/C29H30ClFN2O2/c1-2-25(26-13-10-23(30)18-27(26)31)29(21-9-14-28-22(17-21)19-32-33-28)20-7-11-24(12-8-20)35-16-6-4-3-5-15-34/h7-14,17-19,34H,2-6,15-16H2,1H3,(H,32,33). The third-order valence-corrected chi connectivity index (χ3v) is 6.34. The third-order valence-electron chi connectivity index (χ3n) is 6.10. The molecule has 1 heterocycles. The van der Waals surface area contributed by atoms with Gasteiger partial charge in [0.05, 0.1) is 18.3 Å². The van der Waals surface area contributed by atoms with Gasteiger partial charge in [0, 0.05) is 22.6 Å². The highest BCUT2D eigenvalue weighted by Crippen LogP contribution is 2.37. The number of hydrogen-bond acceptors (Lipinski definition) is 3. The zero-order chi connectivity index (χ0) is 24.6. The maximum absolute atomic E-state index is 15.0. The van der Waals surface area contributed by atoms with Crippen LogP contribution in [0.2, 0.25) is 5.02 Å². The van der Waals surface area contributed by atoms with E-state index in [0.717, 1.165) is 64.6 Å². The van der Waals surface area contributed by atoms with E-state index in [-0.39, 0.29) is 12.4 Å². The Morgan fingerprint density at radius 2 is 1.74 bits per heavy atom. The number of aromatic amines is 1. The monoisotopic (exact) mass is 492 g/mol. The minimum Gasteiger partial charge on any atom is -0.494 e. The summed E-state index contributed by atoms with van der Waals surface area (Å²) in [5.41, 5.74) is 5.33. The van der Waals surface area contributed by atoms with Gasteiger partial charge in [0.1, 0.15) is 11.6 Å². The molecule has 0 atom stereocenters. The normalized spacial score (nSPS) is 12.1. The molecule has 0 bridgehead atoms. The summed E-state index contributed by atoms with van der Waals surface area (Å²) in [6, 6.07) is 18.9. The number of hydrogen-bond donors (Lipinski definition) is 2. The van der Waals surface area contributed by atoms with Crippen molar-refractivity contribution in [3.05, 3.63) is 94.4 Å². The van der Waals surface area contributed by atoms with E-state index in [1.165, 1.54) is 6.07 Å². The van der Waals surface area contributed by atoms with Crippen molar-refractivity contribution in [3.63, 3.8) is 0 Å². The molecule has 6 heteroatoms. The smallest absolute Gasteiger partial charge is 0.132 e. The SMILES string of the molecule is CCC(=C(c1ccc(OCCCCCCO)cc1)c1ccc2[nH]ncc2c1)c1ccc(Cl)cc1F. The van der Waals surface area contributed by atoms with Crippen LogP contribution in [0.5, 0.6) is 5.75 Å². The summed E-state index contributed by atoms with van der Waals surface area (Å²) in [6.07, 6.45) is 6.27. The van der Waals surface area contributed by atoms with Crippen LogP contribution in [0.25, 0.3) is 22.0 Å². The van der Waals surface area contributed by atoms with Crippen LogP contribution in [0.1, 0.15) is 55.7 Å². The molecule has 0 fully saturated rings. The molecule has 0 unspecified atom stereocenters. The van der Waals surface area contributed by atoms with Crippen molar-refractivity contribution >= 4 is 33.7 Å². The van der Waals surface area contributed by atoms with Crippen LogP contribution in [0.15, 0.2) is 66.9 Å². The average Bonchev–Trinajstić information content (AvgIpc) is 3.34. The van der Waals surface area contributed by atoms with E-state index < -0.39 is 0 Å². The first kappa shape index (κ1) is 25.0. The first-order valence-corrected chi connectivity index (χ1v) is 12.4. The zero-order valence-electron chi connectivity index (χ0n) is 19.9. The number of aliphatic hydroxyl groups is 1. The molecular formula is C29H30ClFN2O2. The number of benzene rings is 3. The molecular weight excluding hydrogens is 463 g/mol. The summed E-state index contributed by atoms with van der Waals surface area (Å²) < 4.78 is 20.9. The number of rotatable bonds is 11. The molecule has 0 spiro atoms. The lowest BCUT2D eigenvalue weighted by molar-refractivity contribution is 0.273. The third kappa shape index (κ3) is 6.11. The Morgan fingerprint density at radius 1 is 0.971 bits per heavy atom. The minimum absolute atomic E-state index is 0.241. The first-order chi connectivity index (χ1) is 17.1. The van der Waals surface area contributed by atoms with Gasteiger partial charge < -0.3 is 9.84 Å². The summed E-state index contributed by atoms with van der Waals surface area (Å²) in [4.78, 5) is 0. The fourth-order valence-corrected chi connectivity index (χ4v) is 4.48. The molecule has 0 aliphatic heterocycles. The molecule has 0 aliphatic rings. The van der Waals surface area contributed by atoms with Gasteiger partial charge in [-0.3, -0.25) is 5.10 Å². The van der Waals surface area contributed by atoms with Gasteiger partial charge in [-0.25, -0.2) is 4.39 Å². The maximum atomic E-state index is 15.0. The van der Waals surface area contributed by atoms with Crippen molar-refractivity contribution in [2.45, 2.75) is 39.0 Å². The number of aliphatic hydroxyl groups excluding tert-OH is 1. The van der Waals surface area contributed by atoms with Crippen molar-refractivity contribution in [2.75, 3.05) is 13.2 Å². The lowest BCUT2D eigenvalue weighted by atomic mass is 9.87. The van der Waals surface area contributed by atoms with E-state index in [1.807, 2.05) is 43.3 Å². The molecule has 0 aliphatic carbocycles. The molecule has 4 nitrogen and oxygen atoms in total. The number of halogens is 2. The quantitative estimate of drug-likeness (QED) is 0.167. The van der Waals surface area contributed by atoms with Crippen molar-refractivity contribution in [2.24, 2.45) is 0 Å². The Hall–Kier alpha value is -3.15. The molecule has 4 rings (SSSR count). The maximum Gasteiger partial charge on any atom is 0.132 e. The molecule has 1 aromatic heterocycles. The predicted octanol–water partition coefficient (Wildman–Crippen LogP) is 7.66. The number of aromatic nitrogens is 2. The van der Waals surface area contributed by atoms with E-state index >= 15 is 4.39 Å². The number of allylic oxidation sites excluding steroid dienone is 1. The fourth-order valence-electron chi connectivity index (χ4n) is 4.32. The van der Waals surface area contributed by atoms with E-state index in [9.17, 15) is 0 Å². The molecule has 0 radical (unpaired) electrons. The first-order valence-electron chi connectivity index (χ1n) is 12.1. The van der Waals surface area contributed by atoms with Crippen LogP contribution in [0.3, 0.4) is 0 Å². The van der Waals surface area contributed by atoms with Crippen LogP contribution >= 0.6 is 11.6 Å². The molecule has 3 aromatic carbocycles. The predicted molar refractivity (Wildman–Crippen MR) is 141 cm³/mol. The summed E-state index contributed by atoms with van der Waals surface area (Å²) in [6.45, 7) is 2.92. The van der Waals surface area contributed by atoms with Gasteiger partial charge >= 0.3 is 0 Å². The van der Waals surface area contributed by atoms with Crippen LogP contribution in [0.4, 0.5) is 4.39 Å². The van der Waals surface area contributed by atoms with Gasteiger partial charge in [-0.15, -0.1) is 0 Å². The van der Waals surface area contributed by atoms with Crippen LogP contribution in [-0.2, 0) is 0 Å². The van der Waals surface area contributed by atoms with Crippen LogP contribution in [-0.4, -0.2) is 28.5 Å². The molecule has 4 aromatic rings. The molecule has 0 saturated heterocycles. The van der Waals surface area contributed by atoms with Crippen LogP contribution < -0.4 is 4.74 Å². The lowest BCUT2D eigenvalue weighted by Crippen LogP contribution is -1.99. The van der Waals surface area contributed by atoms with Crippen molar-refractivity contribution in [1.82, 2.24) is 10.2 Å². The van der Waals surface area contributed by atoms with E-state index in [4.69, 9.17) is 21.4 Å². The highest BCUT2D eigenvalue weighted by Gasteiger charge is 2.17. The fraction of sp³-hybridized carbons (Fsp3) is 0.276. The lowest BCUT2D eigenvalue weighted by Gasteiger charge is -2.17. The van der Waals surface area contributed by atoms with Gasteiger partial charge in [0.2, 0.25) is 0 Å². The Balaban J connectivity index is 1.70. The highest BCUT2D eigenvalue weighted by molar-refractivity contribution is 6.30. The second kappa shape index (κ2) is 12.0. The van der Waals surface area contributed by atoms with E-state index in [2.05, 4.69) is 16.3 Å². The largest absolute Gasteiger partial charge is 0.494 e. The molecule has 182 valence electrons. The van der Waals surface area contributed by atoms with E-state index in [0.29, 0.717) is 23.6 Å². The van der Waals surface area contributed by atoms with Gasteiger partial charge in [0.25, 0.3) is 0 Å². The minimum atomic E-state index is -0.336. The second-order valence-corrected chi connectivity index (χ2v) is 8.95. The Kier molecular flexibility index (Phi) is 8.56. The van der Waals surface area contributed by atoms with Gasteiger partial charge in [-0.2, -0.15) is 5.10 Å². The number of H-pyrrole nitrogens is 1. The number of nitrogens with one attached hydrogen (secondary N) is 1. The molecule has 2 N–H and O–H groups in total. The molecule has 0 saturated carbocycles. The van der Waals surface area contributed by atoms with Crippen molar-refractivity contribution in [3.8, 4) is 5.75 Å². The van der Waals surface area contributed by atoms with Crippen molar-refractivity contribution < 1.29 is 14.2 Å². The van der Waals surface area contributed by atoms with Crippen LogP contribution in [0, 0.1) is 5.82 Å². The Bertz CT molecular complexity index is 1300. The van der Waals surface area contributed by atoms with Crippen molar-refractivity contribution in [1.29, 1.82) is 0 Å². The number of unbranched alkanes of at least 4 members (excludes halogenated alkanes) is 3. The summed E-state index contributed by atoms with van der Waals surface area (Å²) in [5.74, 6) is 0.466. The topological polar surface area (TPSA) is 58.1 Å². The van der Waals surface area contributed by atoms with Gasteiger partial charge in [-0.1, -0.05) is 49.2 Å². The second-order valence-electron chi connectivity index (χ2n) is 8.51. The summed E-state index contributed by atoms with van der Waals surface area (Å²) >= 11 is 6.03. The highest BCUT2D eigenvalue weighted by atomic mass is 35.5.